The summed E-state index contributed by atoms with van der Waals surface area (Å²) in [4.78, 5) is 8.43. The van der Waals surface area contributed by atoms with Crippen molar-refractivity contribution in [2.45, 2.75) is 45.1 Å². The molecule has 0 aromatic carbocycles. The molecule has 108 valence electrons. The monoisotopic (exact) mass is 275 g/mol. The van der Waals surface area contributed by atoms with Gasteiger partial charge in [-0.15, -0.1) is 0 Å². The Morgan fingerprint density at radius 2 is 2.20 bits per heavy atom. The molecule has 1 fully saturated rings. The smallest absolute Gasteiger partial charge is 0.254 e. The standard InChI is InChI=1S/C14H21N5O/c1-11-9-13(19-14(18-11)16-10-17-19)15-7-8-20-12-5-3-2-4-6-12/h9-10,12,15H,2-8H2,1H3. The van der Waals surface area contributed by atoms with Gasteiger partial charge in [0.25, 0.3) is 5.78 Å². The Morgan fingerprint density at radius 3 is 3.05 bits per heavy atom. The molecule has 1 aliphatic rings. The molecule has 6 heteroatoms. The Balaban J connectivity index is 1.53. The summed E-state index contributed by atoms with van der Waals surface area (Å²) in [6, 6.07) is 1.97. The molecule has 6 nitrogen and oxygen atoms in total. The van der Waals surface area contributed by atoms with E-state index in [2.05, 4.69) is 20.4 Å². The topological polar surface area (TPSA) is 64.3 Å². The SMILES string of the molecule is Cc1cc(NCCOC2CCCCC2)n2ncnc2n1. The Hall–Kier alpha value is -1.69. The average Bonchev–Trinajstić information content (AvgIpc) is 2.92. The zero-order valence-electron chi connectivity index (χ0n) is 11.9. The Kier molecular flexibility index (Phi) is 4.11. The maximum Gasteiger partial charge on any atom is 0.254 e. The van der Waals surface area contributed by atoms with E-state index in [1.807, 2.05) is 13.0 Å². The van der Waals surface area contributed by atoms with E-state index in [0.717, 1.165) is 24.7 Å². The molecule has 2 heterocycles. The van der Waals surface area contributed by atoms with Crippen LogP contribution in [0.15, 0.2) is 12.4 Å². The summed E-state index contributed by atoms with van der Waals surface area (Å²) in [5.41, 5.74) is 0.932. The lowest BCUT2D eigenvalue weighted by Crippen LogP contribution is -2.21. The van der Waals surface area contributed by atoms with Gasteiger partial charge in [-0.1, -0.05) is 19.3 Å². The highest BCUT2D eigenvalue weighted by Gasteiger charge is 2.13. The number of anilines is 1. The lowest BCUT2D eigenvalue weighted by Gasteiger charge is -2.22. The highest BCUT2D eigenvalue weighted by molar-refractivity contribution is 5.44. The van der Waals surface area contributed by atoms with Crippen molar-refractivity contribution in [2.75, 3.05) is 18.5 Å². The van der Waals surface area contributed by atoms with Crippen LogP contribution in [0, 0.1) is 6.92 Å². The van der Waals surface area contributed by atoms with E-state index in [9.17, 15) is 0 Å². The third-order valence-corrected chi connectivity index (χ3v) is 3.69. The number of ether oxygens (including phenoxy) is 1. The van der Waals surface area contributed by atoms with Crippen LogP contribution in [0.25, 0.3) is 5.78 Å². The summed E-state index contributed by atoms with van der Waals surface area (Å²) < 4.78 is 7.62. The lowest BCUT2D eigenvalue weighted by atomic mass is 9.98. The predicted octanol–water partition coefficient (Wildman–Crippen LogP) is 2.19. The van der Waals surface area contributed by atoms with Gasteiger partial charge < -0.3 is 10.1 Å². The fourth-order valence-corrected chi connectivity index (χ4v) is 2.69. The van der Waals surface area contributed by atoms with Gasteiger partial charge in [0.05, 0.1) is 12.7 Å². The largest absolute Gasteiger partial charge is 0.376 e. The number of hydrogen-bond donors (Lipinski definition) is 1. The van der Waals surface area contributed by atoms with Crippen LogP contribution < -0.4 is 5.32 Å². The predicted molar refractivity (Wildman–Crippen MR) is 76.8 cm³/mol. The fraction of sp³-hybridized carbons (Fsp3) is 0.643. The Morgan fingerprint density at radius 1 is 1.35 bits per heavy atom. The van der Waals surface area contributed by atoms with Gasteiger partial charge in [0.2, 0.25) is 0 Å². The van der Waals surface area contributed by atoms with Crippen molar-refractivity contribution >= 4 is 11.6 Å². The van der Waals surface area contributed by atoms with Crippen LogP contribution in [0.2, 0.25) is 0 Å². The summed E-state index contributed by atoms with van der Waals surface area (Å²) in [6.45, 7) is 3.45. The van der Waals surface area contributed by atoms with Crippen molar-refractivity contribution in [1.29, 1.82) is 0 Å². The number of nitrogens with one attached hydrogen (secondary N) is 1. The summed E-state index contributed by atoms with van der Waals surface area (Å²) in [6.07, 6.45) is 8.37. The maximum atomic E-state index is 5.91. The zero-order valence-corrected chi connectivity index (χ0v) is 11.9. The van der Waals surface area contributed by atoms with Crippen molar-refractivity contribution in [1.82, 2.24) is 19.6 Å². The molecule has 1 N–H and O–H groups in total. The lowest BCUT2D eigenvalue weighted by molar-refractivity contribution is 0.0347. The first-order valence-corrected chi connectivity index (χ1v) is 7.36. The first kappa shape index (κ1) is 13.3. The molecule has 1 saturated carbocycles. The van der Waals surface area contributed by atoms with Crippen LogP contribution in [0.4, 0.5) is 5.82 Å². The van der Waals surface area contributed by atoms with Crippen molar-refractivity contribution in [2.24, 2.45) is 0 Å². The minimum absolute atomic E-state index is 0.455. The van der Waals surface area contributed by atoms with Crippen molar-refractivity contribution in [3.8, 4) is 0 Å². The second-order valence-electron chi connectivity index (χ2n) is 5.31. The zero-order chi connectivity index (χ0) is 13.8. The van der Waals surface area contributed by atoms with Gasteiger partial charge >= 0.3 is 0 Å². The molecule has 0 aliphatic heterocycles. The molecular formula is C14H21N5O. The highest BCUT2D eigenvalue weighted by atomic mass is 16.5. The van der Waals surface area contributed by atoms with Crippen LogP contribution in [0.5, 0.6) is 0 Å². The van der Waals surface area contributed by atoms with Crippen molar-refractivity contribution in [3.05, 3.63) is 18.1 Å². The highest BCUT2D eigenvalue weighted by Crippen LogP contribution is 2.20. The van der Waals surface area contributed by atoms with Gasteiger partial charge in [-0.3, -0.25) is 0 Å². The third-order valence-electron chi connectivity index (χ3n) is 3.69. The molecule has 0 atom stereocenters. The molecule has 2 aromatic rings. The molecule has 0 saturated heterocycles. The van der Waals surface area contributed by atoms with Gasteiger partial charge in [0, 0.05) is 18.3 Å². The van der Waals surface area contributed by atoms with Crippen molar-refractivity contribution in [3.63, 3.8) is 0 Å². The second-order valence-corrected chi connectivity index (χ2v) is 5.31. The molecule has 20 heavy (non-hydrogen) atoms. The molecular weight excluding hydrogens is 254 g/mol. The summed E-state index contributed by atoms with van der Waals surface area (Å²) >= 11 is 0. The van der Waals surface area contributed by atoms with E-state index >= 15 is 0 Å². The van der Waals surface area contributed by atoms with E-state index in [1.54, 1.807) is 4.52 Å². The molecule has 2 aromatic heterocycles. The quantitative estimate of drug-likeness (QED) is 0.847. The van der Waals surface area contributed by atoms with E-state index in [-0.39, 0.29) is 0 Å². The van der Waals surface area contributed by atoms with E-state index < -0.39 is 0 Å². The Labute approximate surface area is 118 Å². The van der Waals surface area contributed by atoms with Crippen LogP contribution in [0.1, 0.15) is 37.8 Å². The van der Waals surface area contributed by atoms with Crippen LogP contribution in [0.3, 0.4) is 0 Å². The van der Waals surface area contributed by atoms with Crippen molar-refractivity contribution < 1.29 is 4.74 Å². The minimum atomic E-state index is 0.455. The fourth-order valence-electron chi connectivity index (χ4n) is 2.69. The number of nitrogens with zero attached hydrogens (tertiary/aromatic N) is 4. The first-order chi connectivity index (χ1) is 9.83. The number of hydrogen-bond acceptors (Lipinski definition) is 5. The van der Waals surface area contributed by atoms with Gasteiger partial charge in [0.15, 0.2) is 0 Å². The third kappa shape index (κ3) is 3.07. The molecule has 0 amide bonds. The van der Waals surface area contributed by atoms with Crippen LogP contribution >= 0.6 is 0 Å². The first-order valence-electron chi connectivity index (χ1n) is 7.36. The molecule has 0 spiro atoms. The second kappa shape index (κ2) is 6.17. The van der Waals surface area contributed by atoms with Gasteiger partial charge in [-0.2, -0.15) is 14.6 Å². The number of aromatic nitrogens is 4. The number of fused-ring (bicyclic) bond motifs is 1. The number of aryl methyl sites for hydroxylation is 1. The van der Waals surface area contributed by atoms with E-state index in [0.29, 0.717) is 11.9 Å². The summed E-state index contributed by atoms with van der Waals surface area (Å²) in [5.74, 6) is 1.54. The number of rotatable bonds is 5. The van der Waals surface area contributed by atoms with Crippen LogP contribution in [-0.4, -0.2) is 38.8 Å². The Bertz CT molecular complexity index is 562. The van der Waals surface area contributed by atoms with Gasteiger partial charge in [-0.05, 0) is 19.8 Å². The van der Waals surface area contributed by atoms with Gasteiger partial charge in [-0.25, -0.2) is 4.98 Å². The molecule has 1 aliphatic carbocycles. The molecule has 0 bridgehead atoms. The molecule has 0 unspecified atom stereocenters. The summed E-state index contributed by atoms with van der Waals surface area (Å²) in [7, 11) is 0. The molecule has 3 rings (SSSR count). The molecule has 0 radical (unpaired) electrons. The normalized spacial score (nSPS) is 16.6. The van der Waals surface area contributed by atoms with Crippen LogP contribution in [-0.2, 0) is 4.74 Å². The minimum Gasteiger partial charge on any atom is -0.376 e. The van der Waals surface area contributed by atoms with E-state index in [4.69, 9.17) is 4.74 Å². The van der Waals surface area contributed by atoms with Gasteiger partial charge in [0.1, 0.15) is 12.1 Å². The van der Waals surface area contributed by atoms with E-state index in [1.165, 1.54) is 38.4 Å². The summed E-state index contributed by atoms with van der Waals surface area (Å²) in [5, 5.41) is 7.52. The maximum absolute atomic E-state index is 5.91. The average molecular weight is 275 g/mol.